The van der Waals surface area contributed by atoms with Gasteiger partial charge in [0.15, 0.2) is 0 Å². The topological polar surface area (TPSA) is 100 Å². The molecule has 0 aliphatic rings. The highest BCUT2D eigenvalue weighted by Gasteiger charge is 2.17. The molecule has 7 heteroatoms. The van der Waals surface area contributed by atoms with Crippen LogP contribution >= 0.6 is 0 Å². The first-order valence-electron chi connectivity index (χ1n) is 10.6. The third-order valence-electron chi connectivity index (χ3n) is 4.70. The van der Waals surface area contributed by atoms with E-state index in [4.69, 9.17) is 4.42 Å². The molecule has 0 bridgehead atoms. The van der Waals surface area contributed by atoms with Gasteiger partial charge in [0.2, 0.25) is 0 Å². The van der Waals surface area contributed by atoms with Crippen LogP contribution in [-0.4, -0.2) is 24.3 Å². The molecule has 0 saturated heterocycles. The van der Waals surface area contributed by atoms with Crippen molar-refractivity contribution in [1.82, 2.24) is 10.6 Å². The Labute approximate surface area is 177 Å². The number of para-hydroxylation sites is 1. The van der Waals surface area contributed by atoms with Crippen molar-refractivity contribution in [2.45, 2.75) is 58.4 Å². The van der Waals surface area contributed by atoms with Crippen molar-refractivity contribution in [3.63, 3.8) is 0 Å². The molecule has 0 saturated carbocycles. The number of carbonyl (C=O) groups is 3. The lowest BCUT2D eigenvalue weighted by Crippen LogP contribution is -2.36. The predicted molar refractivity (Wildman–Crippen MR) is 116 cm³/mol. The first-order valence-corrected chi connectivity index (χ1v) is 10.6. The lowest BCUT2D eigenvalue weighted by molar-refractivity contribution is -0.136. The van der Waals surface area contributed by atoms with Crippen LogP contribution in [-0.2, 0) is 16.1 Å². The number of hydrogen-bond acceptors (Lipinski definition) is 4. The molecule has 1 aromatic carbocycles. The molecular formula is C23H31N3O4. The predicted octanol–water partition coefficient (Wildman–Crippen LogP) is 4.01. The van der Waals surface area contributed by atoms with Gasteiger partial charge in [0.25, 0.3) is 5.91 Å². The van der Waals surface area contributed by atoms with E-state index in [9.17, 15) is 14.4 Å². The molecule has 0 spiro atoms. The van der Waals surface area contributed by atoms with Crippen molar-refractivity contribution in [2.75, 3.05) is 11.9 Å². The summed E-state index contributed by atoms with van der Waals surface area (Å²) in [5.74, 6) is -1.24. The van der Waals surface area contributed by atoms with E-state index in [1.165, 1.54) is 31.9 Å². The summed E-state index contributed by atoms with van der Waals surface area (Å²) >= 11 is 0. The Morgan fingerprint density at radius 3 is 2.30 bits per heavy atom. The van der Waals surface area contributed by atoms with E-state index in [1.54, 1.807) is 36.4 Å². The summed E-state index contributed by atoms with van der Waals surface area (Å²) < 4.78 is 5.19. The number of anilines is 1. The van der Waals surface area contributed by atoms with Crippen molar-refractivity contribution < 1.29 is 18.8 Å². The van der Waals surface area contributed by atoms with Gasteiger partial charge < -0.3 is 20.4 Å². The molecule has 2 rings (SSSR count). The number of nitrogens with one attached hydrogen (secondary N) is 3. The molecule has 0 fully saturated rings. The van der Waals surface area contributed by atoms with Crippen LogP contribution in [0.1, 0.15) is 68.0 Å². The first kappa shape index (κ1) is 23.2. The molecular weight excluding hydrogens is 382 g/mol. The van der Waals surface area contributed by atoms with Gasteiger partial charge in [0.1, 0.15) is 5.76 Å². The Morgan fingerprint density at radius 2 is 1.57 bits per heavy atom. The third-order valence-corrected chi connectivity index (χ3v) is 4.70. The van der Waals surface area contributed by atoms with Gasteiger partial charge in [-0.25, -0.2) is 0 Å². The second-order valence-electron chi connectivity index (χ2n) is 7.14. The number of benzene rings is 1. The van der Waals surface area contributed by atoms with Crippen LogP contribution in [0.2, 0.25) is 0 Å². The van der Waals surface area contributed by atoms with Gasteiger partial charge in [-0.15, -0.1) is 0 Å². The minimum Gasteiger partial charge on any atom is -0.467 e. The Balaban J connectivity index is 1.76. The number of rotatable bonds is 12. The van der Waals surface area contributed by atoms with Crippen LogP contribution in [0.3, 0.4) is 0 Å². The molecule has 0 aliphatic heterocycles. The Bertz CT molecular complexity index is 803. The average Bonchev–Trinajstić information content (AvgIpc) is 3.28. The van der Waals surface area contributed by atoms with Gasteiger partial charge in [0, 0.05) is 6.54 Å². The van der Waals surface area contributed by atoms with Crippen molar-refractivity contribution in [3.8, 4) is 0 Å². The Hall–Kier alpha value is -3.09. The standard InChI is InChI=1S/C23H31N3O4/c1-2-3-4-5-6-7-10-15-24-22(28)23(29)26-20-14-9-8-13-19(20)21(27)25-17-18-12-11-16-30-18/h8-9,11-14,16H,2-7,10,15,17H2,1H3,(H,24,28)(H,25,27)(H,26,29). The number of hydrogen-bond donors (Lipinski definition) is 3. The van der Waals surface area contributed by atoms with Crippen molar-refractivity contribution >= 4 is 23.4 Å². The zero-order chi connectivity index (χ0) is 21.6. The number of carbonyl (C=O) groups excluding carboxylic acids is 3. The maximum Gasteiger partial charge on any atom is 0.313 e. The fourth-order valence-electron chi connectivity index (χ4n) is 3.01. The smallest absolute Gasteiger partial charge is 0.313 e. The lowest BCUT2D eigenvalue weighted by Gasteiger charge is -2.11. The maximum atomic E-state index is 12.4. The van der Waals surface area contributed by atoms with E-state index in [2.05, 4.69) is 22.9 Å². The van der Waals surface area contributed by atoms with Crippen molar-refractivity contribution in [3.05, 3.63) is 54.0 Å². The highest BCUT2D eigenvalue weighted by Crippen LogP contribution is 2.15. The minimum absolute atomic E-state index is 0.229. The molecule has 0 radical (unpaired) electrons. The molecule has 0 atom stereocenters. The molecule has 0 unspecified atom stereocenters. The molecule has 30 heavy (non-hydrogen) atoms. The van der Waals surface area contributed by atoms with Crippen LogP contribution in [0.25, 0.3) is 0 Å². The van der Waals surface area contributed by atoms with Gasteiger partial charge in [0.05, 0.1) is 24.1 Å². The monoisotopic (exact) mass is 413 g/mol. The Kier molecular flexibility index (Phi) is 10.2. The molecule has 1 aromatic heterocycles. The van der Waals surface area contributed by atoms with Crippen LogP contribution < -0.4 is 16.0 Å². The van der Waals surface area contributed by atoms with E-state index >= 15 is 0 Å². The lowest BCUT2D eigenvalue weighted by atomic mass is 10.1. The SMILES string of the molecule is CCCCCCCCCNC(=O)C(=O)Nc1ccccc1C(=O)NCc1ccco1. The van der Waals surface area contributed by atoms with Crippen LogP contribution in [0.5, 0.6) is 0 Å². The third kappa shape index (κ3) is 8.11. The second-order valence-corrected chi connectivity index (χ2v) is 7.14. The fraction of sp³-hybridized carbons (Fsp3) is 0.435. The summed E-state index contributed by atoms with van der Waals surface area (Å²) in [5.41, 5.74) is 0.558. The zero-order valence-electron chi connectivity index (χ0n) is 17.5. The van der Waals surface area contributed by atoms with Crippen molar-refractivity contribution in [2.24, 2.45) is 0 Å². The first-order chi connectivity index (χ1) is 14.6. The minimum atomic E-state index is -0.788. The van der Waals surface area contributed by atoms with E-state index in [-0.39, 0.29) is 23.7 Å². The number of unbranched alkanes of at least 4 members (excludes halogenated alkanes) is 6. The fourth-order valence-corrected chi connectivity index (χ4v) is 3.01. The van der Waals surface area contributed by atoms with Gasteiger partial charge in [-0.2, -0.15) is 0 Å². The van der Waals surface area contributed by atoms with E-state index in [0.29, 0.717) is 12.3 Å². The Morgan fingerprint density at radius 1 is 0.833 bits per heavy atom. The quantitative estimate of drug-likeness (QED) is 0.361. The molecule has 2 aromatic rings. The van der Waals surface area contributed by atoms with E-state index in [0.717, 1.165) is 19.3 Å². The van der Waals surface area contributed by atoms with Crippen LogP contribution in [0.15, 0.2) is 47.1 Å². The summed E-state index contributed by atoms with van der Waals surface area (Å²) in [6.07, 6.45) is 9.49. The van der Waals surface area contributed by atoms with Gasteiger partial charge in [-0.05, 0) is 30.7 Å². The molecule has 0 aliphatic carbocycles. The summed E-state index contributed by atoms with van der Waals surface area (Å²) in [6, 6.07) is 10.0. The van der Waals surface area contributed by atoms with Crippen LogP contribution in [0.4, 0.5) is 5.69 Å². The normalized spacial score (nSPS) is 10.4. The highest BCUT2D eigenvalue weighted by molar-refractivity contribution is 6.40. The largest absolute Gasteiger partial charge is 0.467 e. The highest BCUT2D eigenvalue weighted by atomic mass is 16.3. The summed E-state index contributed by atoms with van der Waals surface area (Å²) in [6.45, 7) is 2.88. The van der Waals surface area contributed by atoms with Gasteiger partial charge in [-0.1, -0.05) is 57.6 Å². The summed E-state index contributed by atoms with van der Waals surface area (Å²) in [7, 11) is 0. The second kappa shape index (κ2) is 13.2. The maximum absolute atomic E-state index is 12.4. The zero-order valence-corrected chi connectivity index (χ0v) is 17.5. The van der Waals surface area contributed by atoms with Crippen LogP contribution in [0, 0.1) is 0 Å². The number of amides is 3. The average molecular weight is 414 g/mol. The van der Waals surface area contributed by atoms with Crippen molar-refractivity contribution in [1.29, 1.82) is 0 Å². The molecule has 7 nitrogen and oxygen atoms in total. The molecule has 1 heterocycles. The summed E-state index contributed by atoms with van der Waals surface area (Å²) in [4.78, 5) is 36.7. The van der Waals surface area contributed by atoms with E-state index < -0.39 is 11.8 Å². The van der Waals surface area contributed by atoms with Gasteiger partial charge >= 0.3 is 11.8 Å². The summed E-state index contributed by atoms with van der Waals surface area (Å²) in [5, 5.41) is 7.88. The molecule has 3 N–H and O–H groups in total. The van der Waals surface area contributed by atoms with Gasteiger partial charge in [-0.3, -0.25) is 14.4 Å². The number of furan rings is 1. The molecule has 162 valence electrons. The van der Waals surface area contributed by atoms with E-state index in [1.807, 2.05) is 0 Å². The molecule has 3 amide bonds.